The van der Waals surface area contributed by atoms with E-state index in [1.807, 2.05) is 6.92 Å². The number of carbonyl (C=O) groups excluding carboxylic acids is 1. The van der Waals surface area contributed by atoms with Crippen molar-refractivity contribution in [3.05, 3.63) is 47.8 Å². The molecule has 2 rings (SSSR count). The zero-order chi connectivity index (χ0) is 17.0. The Morgan fingerprint density at radius 2 is 2.09 bits per heavy atom. The first-order chi connectivity index (χ1) is 10.8. The number of hydrogen-bond acceptors (Lipinski definition) is 3. The Morgan fingerprint density at radius 3 is 2.70 bits per heavy atom. The van der Waals surface area contributed by atoms with E-state index in [2.05, 4.69) is 15.7 Å². The molecule has 8 heteroatoms. The number of rotatable bonds is 5. The van der Waals surface area contributed by atoms with Crippen molar-refractivity contribution in [3.8, 4) is 5.69 Å². The zero-order valence-corrected chi connectivity index (χ0v) is 12.7. The molecule has 5 nitrogen and oxygen atoms in total. The minimum absolute atomic E-state index is 0.114. The third kappa shape index (κ3) is 4.32. The number of amides is 1. The predicted octanol–water partition coefficient (Wildman–Crippen LogP) is 2.23. The van der Waals surface area contributed by atoms with Gasteiger partial charge in [0.2, 0.25) is 0 Å². The second kappa shape index (κ2) is 6.82. The summed E-state index contributed by atoms with van der Waals surface area (Å²) >= 11 is 0. The third-order valence-electron chi connectivity index (χ3n) is 3.31. The molecule has 124 valence electrons. The molecule has 0 aliphatic carbocycles. The second-order valence-electron chi connectivity index (χ2n) is 5.09. The fourth-order valence-corrected chi connectivity index (χ4v) is 1.86. The molecule has 0 fully saturated rings. The molecule has 1 atom stereocenters. The van der Waals surface area contributed by atoms with Crippen LogP contribution in [0.15, 0.2) is 36.5 Å². The maximum absolute atomic E-state index is 12.6. The van der Waals surface area contributed by atoms with Crippen molar-refractivity contribution in [1.82, 2.24) is 20.4 Å². The van der Waals surface area contributed by atoms with Gasteiger partial charge in [-0.05, 0) is 38.2 Å². The largest absolute Gasteiger partial charge is 0.435 e. The maximum Gasteiger partial charge on any atom is 0.435 e. The minimum atomic E-state index is -4.50. The predicted molar refractivity (Wildman–Crippen MR) is 79.4 cm³/mol. The zero-order valence-electron chi connectivity index (χ0n) is 12.7. The van der Waals surface area contributed by atoms with Crippen molar-refractivity contribution in [2.24, 2.45) is 0 Å². The normalized spacial score (nSPS) is 12.9. The van der Waals surface area contributed by atoms with Crippen LogP contribution in [0.2, 0.25) is 0 Å². The molecule has 1 heterocycles. The summed E-state index contributed by atoms with van der Waals surface area (Å²) in [6, 6.07) is 7.27. The highest BCUT2D eigenvalue weighted by atomic mass is 19.4. The van der Waals surface area contributed by atoms with Gasteiger partial charge >= 0.3 is 6.18 Å². The van der Waals surface area contributed by atoms with Gasteiger partial charge in [-0.3, -0.25) is 4.79 Å². The van der Waals surface area contributed by atoms with E-state index in [4.69, 9.17) is 0 Å². The maximum atomic E-state index is 12.6. The minimum Gasteiger partial charge on any atom is -0.350 e. The highest BCUT2D eigenvalue weighted by Crippen LogP contribution is 2.27. The van der Waals surface area contributed by atoms with Gasteiger partial charge in [0.05, 0.1) is 5.69 Å². The first-order valence-corrected chi connectivity index (χ1v) is 7.00. The van der Waals surface area contributed by atoms with Gasteiger partial charge in [0, 0.05) is 24.3 Å². The number of nitrogens with zero attached hydrogens (tertiary/aromatic N) is 2. The van der Waals surface area contributed by atoms with E-state index >= 15 is 0 Å². The monoisotopic (exact) mass is 326 g/mol. The number of nitrogens with one attached hydrogen (secondary N) is 2. The highest BCUT2D eigenvalue weighted by Gasteiger charge is 2.33. The van der Waals surface area contributed by atoms with E-state index < -0.39 is 11.9 Å². The van der Waals surface area contributed by atoms with E-state index in [-0.39, 0.29) is 11.9 Å². The average molecular weight is 326 g/mol. The fraction of sp³-hybridized carbons (Fsp3) is 0.333. The number of likely N-dealkylation sites (N-methyl/N-ethyl adjacent to an activating group) is 1. The molecule has 1 aromatic carbocycles. The molecule has 1 aromatic heterocycles. The Morgan fingerprint density at radius 1 is 1.35 bits per heavy atom. The van der Waals surface area contributed by atoms with Crippen LogP contribution in [0.1, 0.15) is 23.0 Å². The van der Waals surface area contributed by atoms with Crippen molar-refractivity contribution in [2.45, 2.75) is 19.1 Å². The van der Waals surface area contributed by atoms with Gasteiger partial charge in [0.1, 0.15) is 0 Å². The summed E-state index contributed by atoms with van der Waals surface area (Å²) in [6.45, 7) is 2.36. The van der Waals surface area contributed by atoms with E-state index in [0.717, 1.165) is 10.7 Å². The molecule has 0 saturated carbocycles. The Bertz CT molecular complexity index is 681. The van der Waals surface area contributed by atoms with Gasteiger partial charge < -0.3 is 10.6 Å². The summed E-state index contributed by atoms with van der Waals surface area (Å²) in [4.78, 5) is 12.1. The topological polar surface area (TPSA) is 58.9 Å². The molecule has 23 heavy (non-hydrogen) atoms. The van der Waals surface area contributed by atoms with Gasteiger partial charge in [0.15, 0.2) is 5.69 Å². The van der Waals surface area contributed by atoms with Crippen LogP contribution in [0.3, 0.4) is 0 Å². The van der Waals surface area contributed by atoms with Crippen LogP contribution in [0.4, 0.5) is 13.2 Å². The van der Waals surface area contributed by atoms with Crippen molar-refractivity contribution in [3.63, 3.8) is 0 Å². The van der Waals surface area contributed by atoms with Crippen molar-refractivity contribution >= 4 is 5.91 Å². The SMILES string of the molecule is CNC(C)CNC(=O)c1cccc(-n2ccc(C(F)(F)F)n2)c1. The summed E-state index contributed by atoms with van der Waals surface area (Å²) in [5.41, 5.74) is -0.236. The lowest BCUT2D eigenvalue weighted by Gasteiger charge is -2.12. The Hall–Kier alpha value is -2.35. The third-order valence-corrected chi connectivity index (χ3v) is 3.31. The molecule has 0 spiro atoms. The van der Waals surface area contributed by atoms with Crippen molar-refractivity contribution in [1.29, 1.82) is 0 Å². The highest BCUT2D eigenvalue weighted by molar-refractivity contribution is 5.94. The molecule has 0 aliphatic rings. The Kier molecular flexibility index (Phi) is 5.05. The van der Waals surface area contributed by atoms with Crippen LogP contribution in [-0.2, 0) is 6.18 Å². The number of hydrogen-bond donors (Lipinski definition) is 2. The van der Waals surface area contributed by atoms with Gasteiger partial charge in [-0.2, -0.15) is 18.3 Å². The van der Waals surface area contributed by atoms with Crippen LogP contribution >= 0.6 is 0 Å². The molecule has 0 saturated heterocycles. The molecule has 0 radical (unpaired) electrons. The summed E-state index contributed by atoms with van der Waals surface area (Å²) < 4.78 is 38.9. The van der Waals surface area contributed by atoms with E-state index in [1.54, 1.807) is 25.2 Å². The standard InChI is InChI=1S/C15H17F3N4O/c1-10(19-2)9-20-14(23)11-4-3-5-12(8-11)22-7-6-13(21-22)15(16,17)18/h3-8,10,19H,9H2,1-2H3,(H,20,23). The number of carbonyl (C=O) groups is 1. The van der Waals surface area contributed by atoms with Crippen LogP contribution in [-0.4, -0.2) is 35.3 Å². The molecule has 2 aromatic rings. The van der Waals surface area contributed by atoms with Crippen molar-refractivity contribution < 1.29 is 18.0 Å². The summed E-state index contributed by atoms with van der Waals surface area (Å²) in [7, 11) is 1.79. The summed E-state index contributed by atoms with van der Waals surface area (Å²) in [5.74, 6) is -0.294. The summed E-state index contributed by atoms with van der Waals surface area (Å²) in [5, 5.41) is 9.23. The van der Waals surface area contributed by atoms with E-state index in [1.165, 1.54) is 12.3 Å². The molecule has 1 unspecified atom stereocenters. The molecule has 0 aliphatic heterocycles. The van der Waals surface area contributed by atoms with Crippen LogP contribution in [0.25, 0.3) is 5.69 Å². The number of aromatic nitrogens is 2. The number of halogens is 3. The van der Waals surface area contributed by atoms with Gasteiger partial charge in [0.25, 0.3) is 5.91 Å². The Balaban J connectivity index is 2.16. The van der Waals surface area contributed by atoms with Gasteiger partial charge in [-0.1, -0.05) is 6.07 Å². The molecular formula is C15H17F3N4O. The lowest BCUT2D eigenvalue weighted by Crippen LogP contribution is -2.37. The first-order valence-electron chi connectivity index (χ1n) is 7.00. The van der Waals surface area contributed by atoms with Crippen LogP contribution in [0.5, 0.6) is 0 Å². The number of alkyl halides is 3. The van der Waals surface area contributed by atoms with E-state index in [0.29, 0.717) is 17.8 Å². The van der Waals surface area contributed by atoms with Crippen molar-refractivity contribution in [2.75, 3.05) is 13.6 Å². The first kappa shape index (κ1) is 17.0. The molecular weight excluding hydrogens is 309 g/mol. The molecule has 0 bridgehead atoms. The lowest BCUT2D eigenvalue weighted by atomic mass is 10.2. The average Bonchev–Trinajstić information content (AvgIpc) is 3.02. The molecule has 2 N–H and O–H groups in total. The number of benzene rings is 1. The quantitative estimate of drug-likeness (QED) is 0.886. The van der Waals surface area contributed by atoms with Gasteiger partial charge in [-0.15, -0.1) is 0 Å². The van der Waals surface area contributed by atoms with Crippen LogP contribution < -0.4 is 10.6 Å². The van der Waals surface area contributed by atoms with E-state index in [9.17, 15) is 18.0 Å². The second-order valence-corrected chi connectivity index (χ2v) is 5.09. The lowest BCUT2D eigenvalue weighted by molar-refractivity contribution is -0.141. The molecule has 1 amide bonds. The van der Waals surface area contributed by atoms with Gasteiger partial charge in [-0.25, -0.2) is 4.68 Å². The fourth-order valence-electron chi connectivity index (χ4n) is 1.86. The summed E-state index contributed by atoms with van der Waals surface area (Å²) in [6.07, 6.45) is -3.29. The van der Waals surface area contributed by atoms with Crippen LogP contribution in [0, 0.1) is 0 Å². The Labute approximate surface area is 131 Å². The smallest absolute Gasteiger partial charge is 0.350 e.